The van der Waals surface area contributed by atoms with Crippen LogP contribution in [0.1, 0.15) is 52.4 Å². The molecule has 8 unspecified atom stereocenters. The summed E-state index contributed by atoms with van der Waals surface area (Å²) in [5.74, 6) is -1.06. The first-order valence-electron chi connectivity index (χ1n) is 12.9. The quantitative estimate of drug-likeness (QED) is 0.272. The molecule has 3 rings (SSSR count). The minimum atomic E-state index is -1.11. The first-order valence-corrected chi connectivity index (χ1v) is 13.7. The Morgan fingerprint density at radius 1 is 1.19 bits per heavy atom. The summed E-state index contributed by atoms with van der Waals surface area (Å²) in [5.41, 5.74) is 0.903. The van der Waals surface area contributed by atoms with Gasteiger partial charge in [-0.15, -0.1) is 0 Å². The molecule has 0 bridgehead atoms. The van der Waals surface area contributed by atoms with Gasteiger partial charge in [-0.1, -0.05) is 44.2 Å². The van der Waals surface area contributed by atoms with Crippen molar-refractivity contribution in [1.29, 1.82) is 0 Å². The minimum Gasteiger partial charge on any atom is -0.481 e. The third-order valence-electron chi connectivity index (χ3n) is 7.17. The van der Waals surface area contributed by atoms with Crippen LogP contribution in [-0.4, -0.2) is 62.9 Å². The molecule has 0 spiro atoms. The number of rotatable bonds is 12. The predicted molar refractivity (Wildman–Crippen MR) is 141 cm³/mol. The highest BCUT2D eigenvalue weighted by Gasteiger charge is 2.42. The maximum absolute atomic E-state index is 13.2. The molecule has 8 nitrogen and oxygen atoms in total. The predicted octanol–water partition coefficient (Wildman–Crippen LogP) is 4.01. The van der Waals surface area contributed by atoms with E-state index in [9.17, 15) is 24.9 Å². The van der Waals surface area contributed by atoms with Crippen molar-refractivity contribution in [3.63, 3.8) is 0 Å². The molecule has 0 fully saturated rings. The summed E-state index contributed by atoms with van der Waals surface area (Å²) in [6.45, 7) is 3.91. The zero-order valence-electron chi connectivity index (χ0n) is 21.2. The van der Waals surface area contributed by atoms with Crippen molar-refractivity contribution >= 4 is 27.9 Å². The Morgan fingerprint density at radius 2 is 1.92 bits per heavy atom. The van der Waals surface area contributed by atoms with Gasteiger partial charge in [-0.3, -0.25) is 4.79 Å². The van der Waals surface area contributed by atoms with Gasteiger partial charge in [0.15, 0.2) is 6.10 Å². The largest absolute Gasteiger partial charge is 0.481 e. The Hall–Kier alpha value is -2.20. The number of benzene rings is 1. The van der Waals surface area contributed by atoms with Crippen LogP contribution in [0.25, 0.3) is 0 Å². The number of esters is 1. The second-order valence-corrected chi connectivity index (χ2v) is 10.9. The highest BCUT2D eigenvalue weighted by atomic mass is 79.9. The van der Waals surface area contributed by atoms with Gasteiger partial charge in [0, 0.05) is 12.3 Å². The summed E-state index contributed by atoms with van der Waals surface area (Å²) in [6.07, 6.45) is 2.95. The summed E-state index contributed by atoms with van der Waals surface area (Å²) in [7, 11) is 0. The van der Waals surface area contributed by atoms with Crippen molar-refractivity contribution < 1.29 is 39.5 Å². The fraction of sp³-hybridized carbons (Fsp3) is 0.571. The summed E-state index contributed by atoms with van der Waals surface area (Å²) >= 11 is 3.43. The van der Waals surface area contributed by atoms with E-state index in [0.717, 1.165) is 10.0 Å². The fourth-order valence-corrected chi connectivity index (χ4v) is 5.68. The van der Waals surface area contributed by atoms with Gasteiger partial charge >= 0.3 is 11.9 Å². The van der Waals surface area contributed by atoms with Crippen LogP contribution >= 0.6 is 15.9 Å². The molecule has 1 aromatic rings. The molecule has 0 saturated heterocycles. The van der Waals surface area contributed by atoms with Crippen molar-refractivity contribution in [2.24, 2.45) is 17.8 Å². The number of carboxylic acids is 1. The number of ether oxygens (including phenoxy) is 2. The van der Waals surface area contributed by atoms with E-state index in [4.69, 9.17) is 14.6 Å². The third kappa shape index (κ3) is 8.14. The molecule has 8 atom stereocenters. The zero-order valence-corrected chi connectivity index (χ0v) is 22.8. The van der Waals surface area contributed by atoms with Gasteiger partial charge in [-0.2, -0.15) is 0 Å². The van der Waals surface area contributed by atoms with Crippen LogP contribution in [0.4, 0.5) is 0 Å². The van der Waals surface area contributed by atoms with Crippen LogP contribution < -0.4 is 4.74 Å². The van der Waals surface area contributed by atoms with E-state index in [1.807, 2.05) is 31.2 Å². The Kier molecular flexibility index (Phi) is 10.8. The standard InChI is InChI=1S/C28H37BrO8/c1-3-23(36-24-7-5-4-6-22(24)29)28(35)37-25-14-19(31)12-17-9-8-16(2)21(27(17)25)11-10-18(30)13-20(32)15-26(33)34/h4-9,12,16,18-21,23,25,27,30-32H,3,10-11,13-15H2,1-2H3,(H,33,34). The smallest absolute Gasteiger partial charge is 0.347 e. The Morgan fingerprint density at radius 3 is 2.59 bits per heavy atom. The SMILES string of the molecule is CCC(Oc1ccccc1Br)C(=O)OC1CC(O)C=C2C=CC(C)C(CCC(O)CC(O)CC(=O)O)C21. The first-order chi connectivity index (χ1) is 17.6. The van der Waals surface area contributed by atoms with Gasteiger partial charge in [-0.05, 0) is 71.2 Å². The Labute approximate surface area is 226 Å². The number of carboxylic acid groups (broad SMARTS) is 1. The minimum absolute atomic E-state index is 0.0156. The number of aliphatic hydroxyl groups excluding tert-OH is 3. The van der Waals surface area contributed by atoms with Gasteiger partial charge in [-0.25, -0.2) is 4.79 Å². The van der Waals surface area contributed by atoms with E-state index in [1.54, 1.807) is 12.1 Å². The van der Waals surface area contributed by atoms with Gasteiger partial charge < -0.3 is 29.9 Å². The molecule has 0 amide bonds. The number of para-hydroxylation sites is 1. The molecule has 37 heavy (non-hydrogen) atoms. The monoisotopic (exact) mass is 580 g/mol. The van der Waals surface area contributed by atoms with Crippen LogP contribution in [0.5, 0.6) is 5.75 Å². The van der Waals surface area contributed by atoms with E-state index in [-0.39, 0.29) is 30.6 Å². The number of carbonyl (C=O) groups is 2. The lowest BCUT2D eigenvalue weighted by Gasteiger charge is -2.43. The van der Waals surface area contributed by atoms with Gasteiger partial charge in [0.1, 0.15) is 11.9 Å². The molecule has 0 radical (unpaired) electrons. The molecule has 0 saturated carbocycles. The molecular weight excluding hydrogens is 544 g/mol. The maximum Gasteiger partial charge on any atom is 0.347 e. The number of halogens is 1. The van der Waals surface area contributed by atoms with Crippen LogP contribution in [-0.2, 0) is 14.3 Å². The molecule has 0 aromatic heterocycles. The van der Waals surface area contributed by atoms with Crippen molar-refractivity contribution in [3.8, 4) is 5.75 Å². The molecule has 2 aliphatic rings. The first kappa shape index (κ1) is 29.4. The molecule has 204 valence electrons. The molecular formula is C28H37BrO8. The van der Waals surface area contributed by atoms with Gasteiger partial charge in [0.2, 0.25) is 0 Å². The molecule has 0 heterocycles. The van der Waals surface area contributed by atoms with E-state index < -0.39 is 48.9 Å². The lowest BCUT2D eigenvalue weighted by Crippen LogP contribution is -2.44. The average molecular weight is 582 g/mol. The third-order valence-corrected chi connectivity index (χ3v) is 7.82. The van der Waals surface area contributed by atoms with E-state index in [1.165, 1.54) is 0 Å². The lowest BCUT2D eigenvalue weighted by molar-refractivity contribution is -0.163. The normalized spacial score (nSPS) is 27.4. The van der Waals surface area contributed by atoms with E-state index in [0.29, 0.717) is 25.0 Å². The maximum atomic E-state index is 13.2. The van der Waals surface area contributed by atoms with Crippen molar-refractivity contribution in [3.05, 3.63) is 52.5 Å². The van der Waals surface area contributed by atoms with Gasteiger partial charge in [0.05, 0.1) is 29.2 Å². The van der Waals surface area contributed by atoms with Crippen molar-refractivity contribution in [1.82, 2.24) is 0 Å². The fourth-order valence-electron chi connectivity index (χ4n) is 5.31. The van der Waals surface area contributed by atoms with Crippen LogP contribution in [0.3, 0.4) is 0 Å². The molecule has 2 aliphatic carbocycles. The topological polar surface area (TPSA) is 134 Å². The van der Waals surface area contributed by atoms with E-state index in [2.05, 4.69) is 28.9 Å². The number of allylic oxidation sites excluding steroid dienone is 2. The van der Waals surface area contributed by atoms with Gasteiger partial charge in [0.25, 0.3) is 0 Å². The number of hydrogen-bond acceptors (Lipinski definition) is 7. The highest BCUT2D eigenvalue weighted by Crippen LogP contribution is 2.44. The lowest BCUT2D eigenvalue weighted by atomic mass is 9.66. The Balaban J connectivity index is 1.71. The summed E-state index contributed by atoms with van der Waals surface area (Å²) in [4.78, 5) is 24.0. The second kappa shape index (κ2) is 13.6. The number of carbonyl (C=O) groups excluding carboxylic acids is 1. The summed E-state index contributed by atoms with van der Waals surface area (Å²) in [5, 5.41) is 39.6. The number of aliphatic hydroxyl groups is 3. The zero-order chi connectivity index (χ0) is 27.1. The highest BCUT2D eigenvalue weighted by molar-refractivity contribution is 9.10. The van der Waals surface area contributed by atoms with Crippen LogP contribution in [0.15, 0.2) is 52.5 Å². The van der Waals surface area contributed by atoms with Crippen LogP contribution in [0.2, 0.25) is 0 Å². The molecule has 1 aromatic carbocycles. The number of aliphatic carboxylic acids is 1. The molecule has 4 N–H and O–H groups in total. The van der Waals surface area contributed by atoms with E-state index >= 15 is 0 Å². The number of fused-ring (bicyclic) bond motifs is 1. The summed E-state index contributed by atoms with van der Waals surface area (Å²) < 4.78 is 12.7. The van der Waals surface area contributed by atoms with Crippen LogP contribution in [0, 0.1) is 17.8 Å². The average Bonchev–Trinajstić information content (AvgIpc) is 2.82. The van der Waals surface area contributed by atoms with Crippen molar-refractivity contribution in [2.75, 3.05) is 0 Å². The van der Waals surface area contributed by atoms with Crippen molar-refractivity contribution in [2.45, 2.75) is 82.9 Å². The molecule has 0 aliphatic heterocycles. The molecule has 9 heteroatoms. The second-order valence-electron chi connectivity index (χ2n) is 10.0. The Bertz CT molecular complexity index is 992. The summed E-state index contributed by atoms with van der Waals surface area (Å²) in [6, 6.07) is 7.28. The number of hydrogen-bond donors (Lipinski definition) is 4.